The summed E-state index contributed by atoms with van der Waals surface area (Å²) in [4.78, 5) is 13.7. The fraction of sp³-hybridized carbons (Fsp3) is 0.900. The molecule has 0 radical (unpaired) electrons. The fourth-order valence-corrected chi connectivity index (χ4v) is 1.57. The number of hydrogen-bond acceptors (Lipinski definition) is 5. The van der Waals surface area contributed by atoms with Crippen molar-refractivity contribution in [1.29, 1.82) is 0 Å². The number of morpholine rings is 1. The molecule has 1 saturated heterocycles. The number of nitrogens with zero attached hydrogens (tertiary/aromatic N) is 1. The predicted molar refractivity (Wildman–Crippen MR) is 56.7 cm³/mol. The van der Waals surface area contributed by atoms with Crippen LogP contribution in [-0.2, 0) is 14.3 Å². The minimum absolute atomic E-state index is 0.175. The molecule has 1 rings (SSSR count). The first kappa shape index (κ1) is 12.4. The number of carbonyl (C=O) groups excluding carboxylic acids is 1. The van der Waals surface area contributed by atoms with E-state index in [0.717, 1.165) is 26.3 Å². The van der Waals surface area contributed by atoms with Gasteiger partial charge in [-0.2, -0.15) is 0 Å². The fourth-order valence-electron chi connectivity index (χ4n) is 1.57. The van der Waals surface area contributed by atoms with Gasteiger partial charge in [-0.1, -0.05) is 0 Å². The predicted octanol–water partition coefficient (Wildman–Crippen LogP) is -0.530. The summed E-state index contributed by atoms with van der Waals surface area (Å²) in [5.74, 6) is -0.175. The Balaban J connectivity index is 2.34. The minimum Gasteiger partial charge on any atom is -0.465 e. The second-order valence-electron chi connectivity index (χ2n) is 3.51. The molecule has 1 unspecified atom stereocenters. The summed E-state index contributed by atoms with van der Waals surface area (Å²) in [7, 11) is 1.78. The van der Waals surface area contributed by atoms with Crippen molar-refractivity contribution in [2.24, 2.45) is 0 Å². The summed E-state index contributed by atoms with van der Waals surface area (Å²) in [5.41, 5.74) is 0. The maximum absolute atomic E-state index is 11.5. The van der Waals surface area contributed by atoms with Gasteiger partial charge in [-0.05, 0) is 14.0 Å². The molecular formula is C10H20N2O3. The van der Waals surface area contributed by atoms with Crippen molar-refractivity contribution >= 4 is 5.97 Å². The molecule has 1 heterocycles. The van der Waals surface area contributed by atoms with Crippen LogP contribution in [0.2, 0.25) is 0 Å². The van der Waals surface area contributed by atoms with Crippen LogP contribution in [0.25, 0.3) is 0 Å². The van der Waals surface area contributed by atoms with Crippen molar-refractivity contribution in [2.75, 3.05) is 46.5 Å². The maximum Gasteiger partial charge on any atom is 0.324 e. The Morgan fingerprint density at radius 2 is 2.20 bits per heavy atom. The smallest absolute Gasteiger partial charge is 0.324 e. The van der Waals surface area contributed by atoms with E-state index in [9.17, 15) is 4.79 Å². The average molecular weight is 216 g/mol. The van der Waals surface area contributed by atoms with Gasteiger partial charge < -0.3 is 14.8 Å². The van der Waals surface area contributed by atoms with E-state index in [1.54, 1.807) is 7.05 Å². The molecule has 1 N–H and O–H groups in total. The van der Waals surface area contributed by atoms with Crippen LogP contribution in [-0.4, -0.2) is 63.4 Å². The average Bonchev–Trinajstić information content (AvgIpc) is 2.27. The Bertz CT molecular complexity index is 193. The van der Waals surface area contributed by atoms with Crippen molar-refractivity contribution < 1.29 is 14.3 Å². The molecule has 1 fully saturated rings. The topological polar surface area (TPSA) is 50.8 Å². The van der Waals surface area contributed by atoms with Crippen LogP contribution in [0.15, 0.2) is 0 Å². The summed E-state index contributed by atoms with van der Waals surface area (Å²) < 4.78 is 10.2. The Labute approximate surface area is 90.7 Å². The molecule has 1 aliphatic heterocycles. The van der Waals surface area contributed by atoms with Gasteiger partial charge in [-0.3, -0.25) is 9.69 Å². The maximum atomic E-state index is 11.5. The van der Waals surface area contributed by atoms with Crippen LogP contribution >= 0.6 is 0 Å². The van der Waals surface area contributed by atoms with Crippen LogP contribution in [0.4, 0.5) is 0 Å². The third kappa shape index (κ3) is 4.15. The van der Waals surface area contributed by atoms with Crippen molar-refractivity contribution in [3.8, 4) is 0 Å². The van der Waals surface area contributed by atoms with E-state index in [2.05, 4.69) is 10.2 Å². The number of rotatable bonds is 5. The molecule has 0 amide bonds. The van der Waals surface area contributed by atoms with Crippen LogP contribution in [0, 0.1) is 0 Å². The molecule has 5 heteroatoms. The highest BCUT2D eigenvalue weighted by Crippen LogP contribution is 2.00. The molecule has 1 atom stereocenters. The highest BCUT2D eigenvalue weighted by molar-refractivity contribution is 5.76. The van der Waals surface area contributed by atoms with E-state index in [0.29, 0.717) is 13.2 Å². The number of hydrogen-bond donors (Lipinski definition) is 1. The van der Waals surface area contributed by atoms with Crippen LogP contribution in [0.5, 0.6) is 0 Å². The number of ether oxygens (including phenoxy) is 2. The van der Waals surface area contributed by atoms with Crippen LogP contribution in [0.1, 0.15) is 6.92 Å². The van der Waals surface area contributed by atoms with Crippen molar-refractivity contribution in [1.82, 2.24) is 10.2 Å². The summed E-state index contributed by atoms with van der Waals surface area (Å²) in [5, 5.41) is 2.98. The quantitative estimate of drug-likeness (QED) is 0.626. The molecule has 0 spiro atoms. The molecule has 5 nitrogen and oxygen atoms in total. The molecule has 0 aromatic rings. The van der Waals surface area contributed by atoms with Gasteiger partial charge in [-0.15, -0.1) is 0 Å². The second kappa shape index (κ2) is 6.76. The standard InChI is InChI=1S/C10H20N2O3/c1-3-15-10(13)9(11-2)8-12-4-6-14-7-5-12/h9,11H,3-8H2,1-2H3. The molecule has 0 bridgehead atoms. The number of esters is 1. The van der Waals surface area contributed by atoms with Gasteiger partial charge in [-0.25, -0.2) is 0 Å². The zero-order valence-electron chi connectivity index (χ0n) is 9.49. The third-order valence-electron chi connectivity index (χ3n) is 2.46. The Hall–Kier alpha value is -0.650. The van der Waals surface area contributed by atoms with Gasteiger partial charge in [0.05, 0.1) is 19.8 Å². The molecule has 0 aliphatic carbocycles. The lowest BCUT2D eigenvalue weighted by Crippen LogP contribution is -2.48. The summed E-state index contributed by atoms with van der Waals surface area (Å²) in [6, 6.07) is -0.233. The van der Waals surface area contributed by atoms with Gasteiger partial charge in [0.2, 0.25) is 0 Å². The number of carbonyl (C=O) groups is 1. The first-order chi connectivity index (χ1) is 7.27. The zero-order valence-corrected chi connectivity index (χ0v) is 9.49. The van der Waals surface area contributed by atoms with E-state index in [4.69, 9.17) is 9.47 Å². The zero-order chi connectivity index (χ0) is 11.1. The van der Waals surface area contributed by atoms with Gasteiger partial charge in [0, 0.05) is 19.6 Å². The molecule has 0 aromatic heterocycles. The van der Waals surface area contributed by atoms with E-state index in [1.165, 1.54) is 0 Å². The SMILES string of the molecule is CCOC(=O)C(CN1CCOCC1)NC. The number of nitrogens with one attached hydrogen (secondary N) is 1. The van der Waals surface area contributed by atoms with Crippen molar-refractivity contribution in [2.45, 2.75) is 13.0 Å². The summed E-state index contributed by atoms with van der Waals surface area (Å²) >= 11 is 0. The second-order valence-corrected chi connectivity index (χ2v) is 3.51. The van der Waals surface area contributed by atoms with E-state index in [-0.39, 0.29) is 12.0 Å². The van der Waals surface area contributed by atoms with Crippen LogP contribution in [0.3, 0.4) is 0 Å². The number of likely N-dealkylation sites (N-methyl/N-ethyl adjacent to an activating group) is 1. The highest BCUT2D eigenvalue weighted by Gasteiger charge is 2.22. The molecular weight excluding hydrogens is 196 g/mol. The van der Waals surface area contributed by atoms with Gasteiger partial charge >= 0.3 is 5.97 Å². The first-order valence-corrected chi connectivity index (χ1v) is 5.42. The Morgan fingerprint density at radius 3 is 2.73 bits per heavy atom. The molecule has 0 aromatic carbocycles. The van der Waals surface area contributed by atoms with Gasteiger partial charge in [0.25, 0.3) is 0 Å². The summed E-state index contributed by atoms with van der Waals surface area (Å²) in [6.07, 6.45) is 0. The molecule has 1 aliphatic rings. The monoisotopic (exact) mass is 216 g/mol. The molecule has 88 valence electrons. The van der Waals surface area contributed by atoms with Crippen molar-refractivity contribution in [3.63, 3.8) is 0 Å². The minimum atomic E-state index is -0.233. The molecule has 15 heavy (non-hydrogen) atoms. The third-order valence-corrected chi connectivity index (χ3v) is 2.46. The van der Waals surface area contributed by atoms with E-state index >= 15 is 0 Å². The van der Waals surface area contributed by atoms with Gasteiger partial charge in [0.1, 0.15) is 6.04 Å². The Morgan fingerprint density at radius 1 is 1.53 bits per heavy atom. The van der Waals surface area contributed by atoms with Gasteiger partial charge in [0.15, 0.2) is 0 Å². The first-order valence-electron chi connectivity index (χ1n) is 5.42. The normalized spacial score (nSPS) is 19.9. The largest absolute Gasteiger partial charge is 0.465 e. The molecule has 0 saturated carbocycles. The van der Waals surface area contributed by atoms with E-state index in [1.807, 2.05) is 6.92 Å². The lowest BCUT2D eigenvalue weighted by Gasteiger charge is -2.29. The van der Waals surface area contributed by atoms with Crippen molar-refractivity contribution in [3.05, 3.63) is 0 Å². The lowest BCUT2D eigenvalue weighted by atomic mass is 10.2. The highest BCUT2D eigenvalue weighted by atomic mass is 16.5. The van der Waals surface area contributed by atoms with Crippen LogP contribution < -0.4 is 5.32 Å². The lowest BCUT2D eigenvalue weighted by molar-refractivity contribution is -0.146. The summed E-state index contributed by atoms with van der Waals surface area (Å²) in [6.45, 7) is 6.21. The van der Waals surface area contributed by atoms with E-state index < -0.39 is 0 Å². The Kier molecular flexibility index (Phi) is 5.60.